The molecule has 1 aliphatic heterocycles. The van der Waals surface area contributed by atoms with Gasteiger partial charge in [-0.15, -0.1) is 0 Å². The van der Waals surface area contributed by atoms with Crippen LogP contribution in [-0.2, 0) is 0 Å². The van der Waals surface area contributed by atoms with E-state index in [1.807, 2.05) is 19.1 Å². The summed E-state index contributed by atoms with van der Waals surface area (Å²) in [5.74, 6) is 0.217. The molecule has 1 amide bonds. The van der Waals surface area contributed by atoms with Crippen LogP contribution in [0.5, 0.6) is 5.75 Å². The Kier molecular flexibility index (Phi) is 6.12. The van der Waals surface area contributed by atoms with Crippen LogP contribution in [0.3, 0.4) is 0 Å². The summed E-state index contributed by atoms with van der Waals surface area (Å²) in [4.78, 5) is 32.6. The lowest BCUT2D eigenvalue weighted by molar-refractivity contribution is 0.102. The zero-order valence-electron chi connectivity index (χ0n) is 19.9. The van der Waals surface area contributed by atoms with Crippen LogP contribution in [0.25, 0.3) is 11.4 Å². The Balaban J connectivity index is 1.42. The number of hydrogen-bond donors (Lipinski definition) is 3. The van der Waals surface area contributed by atoms with Crippen LogP contribution in [0, 0.1) is 11.3 Å². The van der Waals surface area contributed by atoms with E-state index in [0.717, 1.165) is 44.5 Å². The second-order valence-corrected chi connectivity index (χ2v) is 9.42. The van der Waals surface area contributed by atoms with Gasteiger partial charge in [-0.05, 0) is 50.8 Å². The van der Waals surface area contributed by atoms with Gasteiger partial charge in [0.15, 0.2) is 17.3 Å². The summed E-state index contributed by atoms with van der Waals surface area (Å²) in [5.41, 5.74) is 13.5. The molecule has 36 heavy (non-hydrogen) atoms. The number of piperidine rings is 1. The van der Waals surface area contributed by atoms with E-state index in [0.29, 0.717) is 11.6 Å². The molecule has 5 rings (SSSR count). The predicted octanol–water partition coefficient (Wildman–Crippen LogP) is 2.50. The SMILES string of the molecule is CC1(N)CCN(c2cccnc2NC(=O)c2nc(-c3nccc(OC4CC4)c3C#N)cnc2N)CC1. The molecule has 0 aromatic carbocycles. The molecule has 184 valence electrons. The van der Waals surface area contributed by atoms with E-state index in [4.69, 9.17) is 16.2 Å². The van der Waals surface area contributed by atoms with E-state index in [-0.39, 0.29) is 40.1 Å². The molecular weight excluding hydrogens is 458 g/mol. The van der Waals surface area contributed by atoms with E-state index in [1.54, 1.807) is 12.3 Å². The molecule has 0 unspecified atom stereocenters. The molecule has 4 heterocycles. The number of amides is 1. The van der Waals surface area contributed by atoms with Crippen molar-refractivity contribution in [3.63, 3.8) is 0 Å². The molecule has 2 fully saturated rings. The van der Waals surface area contributed by atoms with Gasteiger partial charge in [-0.1, -0.05) is 0 Å². The molecule has 0 atom stereocenters. The van der Waals surface area contributed by atoms with Crippen molar-refractivity contribution in [2.24, 2.45) is 5.73 Å². The van der Waals surface area contributed by atoms with E-state index in [2.05, 4.69) is 36.2 Å². The van der Waals surface area contributed by atoms with Crippen molar-refractivity contribution < 1.29 is 9.53 Å². The smallest absolute Gasteiger partial charge is 0.279 e. The Labute approximate surface area is 208 Å². The van der Waals surface area contributed by atoms with Crippen molar-refractivity contribution >= 4 is 23.2 Å². The Hall–Kier alpha value is -4.30. The first-order valence-electron chi connectivity index (χ1n) is 11.8. The number of carbonyl (C=O) groups excluding carboxylic acids is 1. The minimum Gasteiger partial charge on any atom is -0.489 e. The van der Waals surface area contributed by atoms with Gasteiger partial charge in [0.2, 0.25) is 0 Å². The fraction of sp³-hybridized carbons (Fsp3) is 0.360. The summed E-state index contributed by atoms with van der Waals surface area (Å²) < 4.78 is 5.84. The maximum Gasteiger partial charge on any atom is 0.279 e. The third kappa shape index (κ3) is 4.89. The number of anilines is 3. The fourth-order valence-corrected chi connectivity index (χ4v) is 4.06. The molecule has 11 heteroatoms. The first-order valence-corrected chi connectivity index (χ1v) is 11.8. The third-order valence-corrected chi connectivity index (χ3v) is 6.37. The molecule has 5 N–H and O–H groups in total. The Morgan fingerprint density at radius 3 is 2.72 bits per heavy atom. The summed E-state index contributed by atoms with van der Waals surface area (Å²) in [6.45, 7) is 3.55. The number of nitrogens with two attached hydrogens (primary N) is 2. The number of pyridine rings is 2. The summed E-state index contributed by atoms with van der Waals surface area (Å²) in [6.07, 6.45) is 8.20. The number of nitrogen functional groups attached to an aromatic ring is 1. The Morgan fingerprint density at radius 1 is 1.22 bits per heavy atom. The lowest BCUT2D eigenvalue weighted by Gasteiger charge is -2.38. The first-order chi connectivity index (χ1) is 17.3. The molecule has 1 saturated carbocycles. The minimum absolute atomic E-state index is 0.0468. The third-order valence-electron chi connectivity index (χ3n) is 6.37. The average Bonchev–Trinajstić information content (AvgIpc) is 3.69. The highest BCUT2D eigenvalue weighted by atomic mass is 16.5. The maximum atomic E-state index is 13.2. The number of nitrogens with one attached hydrogen (secondary N) is 1. The van der Waals surface area contributed by atoms with Crippen molar-refractivity contribution in [1.29, 1.82) is 5.26 Å². The van der Waals surface area contributed by atoms with Crippen LogP contribution in [0.2, 0.25) is 0 Å². The number of nitrogens with zero attached hydrogens (tertiary/aromatic N) is 6. The summed E-state index contributed by atoms with van der Waals surface area (Å²) >= 11 is 0. The van der Waals surface area contributed by atoms with Gasteiger partial charge in [0, 0.05) is 31.0 Å². The molecule has 0 bridgehead atoms. The van der Waals surface area contributed by atoms with Crippen molar-refractivity contribution in [2.75, 3.05) is 29.0 Å². The van der Waals surface area contributed by atoms with Crippen molar-refractivity contribution in [3.05, 3.63) is 48.0 Å². The van der Waals surface area contributed by atoms with E-state index in [9.17, 15) is 10.1 Å². The van der Waals surface area contributed by atoms with Crippen molar-refractivity contribution in [3.8, 4) is 23.2 Å². The van der Waals surface area contributed by atoms with Gasteiger partial charge in [-0.3, -0.25) is 9.78 Å². The van der Waals surface area contributed by atoms with Crippen LogP contribution in [-0.4, -0.2) is 50.6 Å². The summed E-state index contributed by atoms with van der Waals surface area (Å²) in [7, 11) is 0. The summed E-state index contributed by atoms with van der Waals surface area (Å²) in [6, 6.07) is 7.51. The Bertz CT molecular complexity index is 1340. The van der Waals surface area contributed by atoms with E-state index >= 15 is 0 Å². The van der Waals surface area contributed by atoms with Gasteiger partial charge >= 0.3 is 0 Å². The van der Waals surface area contributed by atoms with Crippen LogP contribution in [0.1, 0.15) is 48.7 Å². The van der Waals surface area contributed by atoms with Crippen LogP contribution < -0.4 is 26.4 Å². The largest absolute Gasteiger partial charge is 0.489 e. The van der Waals surface area contributed by atoms with Gasteiger partial charge in [-0.2, -0.15) is 5.26 Å². The van der Waals surface area contributed by atoms with Crippen molar-refractivity contribution in [1.82, 2.24) is 19.9 Å². The van der Waals surface area contributed by atoms with Gasteiger partial charge in [0.25, 0.3) is 5.91 Å². The van der Waals surface area contributed by atoms with Gasteiger partial charge in [0.1, 0.15) is 28.8 Å². The standard InChI is InChI=1S/C25H27N9O2/c1-25(28)7-11-34(12-8-25)18-3-2-9-30-23(18)33-24(35)21-22(27)31-14-17(32-21)20-16(13-26)19(6-10-29-20)36-15-4-5-15/h2-3,6,9-10,14-15H,4-5,7-8,11-12,28H2,1H3,(H2,27,31)(H,30,33,35). The van der Waals surface area contributed by atoms with Crippen molar-refractivity contribution in [2.45, 2.75) is 44.2 Å². The van der Waals surface area contributed by atoms with Crippen LogP contribution >= 0.6 is 0 Å². The highest BCUT2D eigenvalue weighted by Gasteiger charge is 2.29. The zero-order chi connectivity index (χ0) is 25.3. The fourth-order valence-electron chi connectivity index (χ4n) is 4.06. The molecule has 0 spiro atoms. The number of ether oxygens (including phenoxy) is 1. The second-order valence-electron chi connectivity index (χ2n) is 9.42. The van der Waals surface area contributed by atoms with Crippen LogP contribution in [0.4, 0.5) is 17.3 Å². The number of rotatable bonds is 6. The number of hydrogen-bond acceptors (Lipinski definition) is 10. The van der Waals surface area contributed by atoms with E-state index < -0.39 is 5.91 Å². The molecule has 11 nitrogen and oxygen atoms in total. The molecule has 1 aliphatic carbocycles. The van der Waals surface area contributed by atoms with Gasteiger partial charge in [0.05, 0.1) is 18.0 Å². The normalized spacial score (nSPS) is 16.8. The molecule has 3 aromatic rings. The highest BCUT2D eigenvalue weighted by Crippen LogP contribution is 2.33. The minimum atomic E-state index is -0.564. The maximum absolute atomic E-state index is 13.2. The van der Waals surface area contributed by atoms with Gasteiger partial charge < -0.3 is 26.4 Å². The molecule has 0 radical (unpaired) electrons. The first kappa shape index (κ1) is 23.4. The lowest BCUT2D eigenvalue weighted by Crippen LogP contribution is -2.48. The molecule has 1 saturated heterocycles. The zero-order valence-corrected chi connectivity index (χ0v) is 19.9. The van der Waals surface area contributed by atoms with Crippen LogP contribution in [0.15, 0.2) is 36.8 Å². The van der Waals surface area contributed by atoms with E-state index in [1.165, 1.54) is 12.4 Å². The predicted molar refractivity (Wildman–Crippen MR) is 134 cm³/mol. The summed E-state index contributed by atoms with van der Waals surface area (Å²) in [5, 5.41) is 12.6. The number of nitriles is 1. The van der Waals surface area contributed by atoms with Gasteiger partial charge in [-0.25, -0.2) is 15.0 Å². The highest BCUT2D eigenvalue weighted by molar-refractivity contribution is 6.06. The molecule has 3 aromatic heterocycles. The Morgan fingerprint density at radius 2 is 2.00 bits per heavy atom. The lowest BCUT2D eigenvalue weighted by atomic mass is 9.91. The number of aromatic nitrogens is 4. The molecular formula is C25H27N9O2. The second kappa shape index (κ2) is 9.39. The number of carbonyl (C=O) groups is 1. The quantitative estimate of drug-likeness (QED) is 0.471. The molecule has 2 aliphatic rings. The average molecular weight is 486 g/mol. The topological polar surface area (TPSA) is 169 Å². The monoisotopic (exact) mass is 485 g/mol.